The molecular formula is C22H23N3O2. The number of benzene rings is 2. The first-order valence-electron chi connectivity index (χ1n) is 9.19. The molecule has 2 aromatic carbocycles. The van der Waals surface area contributed by atoms with E-state index < -0.39 is 0 Å². The minimum atomic E-state index is -0.109. The van der Waals surface area contributed by atoms with E-state index in [1.54, 1.807) is 0 Å². The lowest BCUT2D eigenvalue weighted by atomic mass is 10.1. The highest BCUT2D eigenvalue weighted by atomic mass is 16.5. The van der Waals surface area contributed by atoms with Crippen molar-refractivity contribution in [3.8, 4) is 5.69 Å². The monoisotopic (exact) mass is 361 g/mol. The Labute approximate surface area is 159 Å². The highest BCUT2D eigenvalue weighted by Crippen LogP contribution is 2.21. The van der Waals surface area contributed by atoms with Gasteiger partial charge in [-0.1, -0.05) is 6.07 Å². The standard InChI is InChI=1S/C22H23N3O2/c1-17-4-5-18(16-21(17)25-10-2-3-11-25)22(26)23-19-6-8-20(9-7-19)24-12-14-27-15-13-24/h2-11,16H,12-15H2,1H3,(H,23,26). The van der Waals surface area contributed by atoms with Gasteiger partial charge in [0, 0.05) is 48.1 Å². The van der Waals surface area contributed by atoms with E-state index in [1.165, 1.54) is 0 Å². The lowest BCUT2D eigenvalue weighted by molar-refractivity contribution is 0.102. The van der Waals surface area contributed by atoms with Crippen LogP contribution in [0, 0.1) is 6.92 Å². The molecule has 1 fully saturated rings. The molecule has 1 aliphatic heterocycles. The molecule has 0 radical (unpaired) electrons. The van der Waals surface area contributed by atoms with Gasteiger partial charge in [0.05, 0.1) is 13.2 Å². The molecule has 0 spiro atoms. The molecule has 3 aromatic rings. The maximum atomic E-state index is 12.7. The average Bonchev–Trinajstić information content (AvgIpc) is 3.24. The first-order valence-corrected chi connectivity index (χ1v) is 9.19. The molecule has 1 aromatic heterocycles. The molecule has 4 rings (SSSR count). The van der Waals surface area contributed by atoms with E-state index in [0.717, 1.165) is 48.9 Å². The second-order valence-corrected chi connectivity index (χ2v) is 6.69. The number of rotatable bonds is 4. The van der Waals surface area contributed by atoms with Crippen LogP contribution in [0.2, 0.25) is 0 Å². The molecule has 1 N–H and O–H groups in total. The zero-order valence-corrected chi connectivity index (χ0v) is 15.4. The first kappa shape index (κ1) is 17.4. The van der Waals surface area contributed by atoms with E-state index in [2.05, 4.69) is 10.2 Å². The number of aryl methyl sites for hydroxylation is 1. The molecule has 2 heterocycles. The number of amides is 1. The van der Waals surface area contributed by atoms with Crippen LogP contribution in [0.1, 0.15) is 15.9 Å². The molecule has 0 bridgehead atoms. The molecule has 0 unspecified atom stereocenters. The predicted octanol–water partition coefficient (Wildman–Crippen LogP) is 3.87. The third kappa shape index (κ3) is 3.88. The smallest absolute Gasteiger partial charge is 0.255 e. The molecule has 138 valence electrons. The summed E-state index contributed by atoms with van der Waals surface area (Å²) < 4.78 is 7.41. The van der Waals surface area contributed by atoms with Crippen molar-refractivity contribution in [1.82, 2.24) is 4.57 Å². The van der Waals surface area contributed by atoms with Gasteiger partial charge in [0.2, 0.25) is 0 Å². The molecule has 5 heteroatoms. The SMILES string of the molecule is Cc1ccc(C(=O)Nc2ccc(N3CCOCC3)cc2)cc1-n1cccc1. The van der Waals surface area contributed by atoms with Crippen molar-refractivity contribution >= 4 is 17.3 Å². The van der Waals surface area contributed by atoms with E-state index in [4.69, 9.17) is 4.74 Å². The number of hydrogen-bond donors (Lipinski definition) is 1. The lowest BCUT2D eigenvalue weighted by Gasteiger charge is -2.28. The first-order chi connectivity index (χ1) is 13.2. The Kier molecular flexibility index (Phi) is 4.94. The van der Waals surface area contributed by atoms with Crippen LogP contribution in [0.25, 0.3) is 5.69 Å². The summed E-state index contributed by atoms with van der Waals surface area (Å²) >= 11 is 0. The summed E-state index contributed by atoms with van der Waals surface area (Å²) in [6.45, 7) is 5.36. The van der Waals surface area contributed by atoms with Crippen LogP contribution in [0.4, 0.5) is 11.4 Å². The fourth-order valence-electron chi connectivity index (χ4n) is 3.30. The van der Waals surface area contributed by atoms with Crippen LogP contribution >= 0.6 is 0 Å². The quantitative estimate of drug-likeness (QED) is 0.767. The summed E-state index contributed by atoms with van der Waals surface area (Å²) in [5, 5.41) is 2.99. The van der Waals surface area contributed by atoms with Gasteiger partial charge in [0.1, 0.15) is 0 Å². The van der Waals surface area contributed by atoms with Gasteiger partial charge in [-0.3, -0.25) is 4.79 Å². The molecular weight excluding hydrogens is 338 g/mol. The number of ether oxygens (including phenoxy) is 1. The zero-order valence-electron chi connectivity index (χ0n) is 15.4. The van der Waals surface area contributed by atoms with Crippen LogP contribution < -0.4 is 10.2 Å². The summed E-state index contributed by atoms with van der Waals surface area (Å²) in [5.41, 5.74) is 4.72. The second kappa shape index (κ2) is 7.68. The van der Waals surface area contributed by atoms with Crippen molar-refractivity contribution in [2.45, 2.75) is 6.92 Å². The van der Waals surface area contributed by atoms with Gasteiger partial charge < -0.3 is 19.5 Å². The van der Waals surface area contributed by atoms with Gasteiger partial charge in [-0.2, -0.15) is 0 Å². The van der Waals surface area contributed by atoms with Crippen LogP contribution in [0.3, 0.4) is 0 Å². The fourth-order valence-corrected chi connectivity index (χ4v) is 3.30. The number of carbonyl (C=O) groups is 1. The fraction of sp³-hybridized carbons (Fsp3) is 0.227. The lowest BCUT2D eigenvalue weighted by Crippen LogP contribution is -2.36. The Morgan fingerprint density at radius 1 is 1.00 bits per heavy atom. The van der Waals surface area contributed by atoms with Gasteiger partial charge >= 0.3 is 0 Å². The Bertz CT molecular complexity index is 911. The minimum absolute atomic E-state index is 0.109. The number of morpholine rings is 1. The summed E-state index contributed by atoms with van der Waals surface area (Å²) in [6.07, 6.45) is 3.96. The summed E-state index contributed by atoms with van der Waals surface area (Å²) in [5.74, 6) is -0.109. The highest BCUT2D eigenvalue weighted by molar-refractivity contribution is 6.04. The second-order valence-electron chi connectivity index (χ2n) is 6.69. The Hall–Kier alpha value is -3.05. The number of anilines is 2. The maximum Gasteiger partial charge on any atom is 0.255 e. The number of hydrogen-bond acceptors (Lipinski definition) is 3. The van der Waals surface area contributed by atoms with Crippen molar-refractivity contribution in [1.29, 1.82) is 0 Å². The molecule has 27 heavy (non-hydrogen) atoms. The van der Waals surface area contributed by atoms with Crippen molar-refractivity contribution in [3.05, 3.63) is 78.1 Å². The summed E-state index contributed by atoms with van der Waals surface area (Å²) in [7, 11) is 0. The molecule has 0 saturated carbocycles. The highest BCUT2D eigenvalue weighted by Gasteiger charge is 2.12. The van der Waals surface area contributed by atoms with Crippen LogP contribution in [-0.4, -0.2) is 36.8 Å². The van der Waals surface area contributed by atoms with Crippen LogP contribution in [0.15, 0.2) is 67.0 Å². The Morgan fingerprint density at radius 2 is 1.70 bits per heavy atom. The van der Waals surface area contributed by atoms with Crippen LogP contribution in [-0.2, 0) is 4.74 Å². The molecule has 0 aliphatic carbocycles. The van der Waals surface area contributed by atoms with Crippen molar-refractivity contribution < 1.29 is 9.53 Å². The minimum Gasteiger partial charge on any atom is -0.378 e. The number of nitrogens with zero attached hydrogens (tertiary/aromatic N) is 2. The normalized spacial score (nSPS) is 14.2. The van der Waals surface area contributed by atoms with Gasteiger partial charge in [0.15, 0.2) is 0 Å². The summed E-state index contributed by atoms with van der Waals surface area (Å²) in [6, 6.07) is 17.7. The number of aromatic nitrogens is 1. The third-order valence-electron chi connectivity index (χ3n) is 4.86. The van der Waals surface area contributed by atoms with Gasteiger partial charge in [-0.25, -0.2) is 0 Å². The molecule has 1 aliphatic rings. The third-order valence-corrected chi connectivity index (χ3v) is 4.86. The van der Waals surface area contributed by atoms with Gasteiger partial charge in [-0.05, 0) is 61.0 Å². The molecule has 1 amide bonds. The van der Waals surface area contributed by atoms with Crippen LogP contribution in [0.5, 0.6) is 0 Å². The molecule has 5 nitrogen and oxygen atoms in total. The molecule has 1 saturated heterocycles. The van der Waals surface area contributed by atoms with Gasteiger partial charge in [0.25, 0.3) is 5.91 Å². The maximum absolute atomic E-state index is 12.7. The zero-order chi connectivity index (χ0) is 18.6. The van der Waals surface area contributed by atoms with Crippen molar-refractivity contribution in [3.63, 3.8) is 0 Å². The van der Waals surface area contributed by atoms with E-state index in [0.29, 0.717) is 5.56 Å². The summed E-state index contributed by atoms with van der Waals surface area (Å²) in [4.78, 5) is 15.0. The number of nitrogens with one attached hydrogen (secondary N) is 1. The van der Waals surface area contributed by atoms with Crippen molar-refractivity contribution in [2.75, 3.05) is 36.5 Å². The average molecular weight is 361 g/mol. The Morgan fingerprint density at radius 3 is 2.41 bits per heavy atom. The van der Waals surface area contributed by atoms with E-state index >= 15 is 0 Å². The topological polar surface area (TPSA) is 46.5 Å². The number of carbonyl (C=O) groups excluding carboxylic acids is 1. The van der Waals surface area contributed by atoms with E-state index in [-0.39, 0.29) is 5.91 Å². The molecule has 0 atom stereocenters. The van der Waals surface area contributed by atoms with Crippen molar-refractivity contribution in [2.24, 2.45) is 0 Å². The van der Waals surface area contributed by atoms with E-state index in [1.807, 2.05) is 78.5 Å². The Balaban J connectivity index is 1.48. The van der Waals surface area contributed by atoms with E-state index in [9.17, 15) is 4.79 Å². The largest absolute Gasteiger partial charge is 0.378 e. The van der Waals surface area contributed by atoms with Gasteiger partial charge in [-0.15, -0.1) is 0 Å². The predicted molar refractivity (Wildman–Crippen MR) is 108 cm³/mol.